The summed E-state index contributed by atoms with van der Waals surface area (Å²) in [6, 6.07) is 15.1. The normalized spacial score (nSPS) is 15.0. The Morgan fingerprint density at radius 2 is 1.71 bits per heavy atom. The molecule has 4 rings (SSSR count). The Bertz CT molecular complexity index is 942. The molecule has 2 aromatic carbocycles. The van der Waals surface area contributed by atoms with E-state index in [-0.39, 0.29) is 5.91 Å². The van der Waals surface area contributed by atoms with Crippen LogP contribution in [0.3, 0.4) is 0 Å². The first kappa shape index (κ1) is 18.2. The van der Waals surface area contributed by atoms with Gasteiger partial charge >= 0.3 is 0 Å². The van der Waals surface area contributed by atoms with Crippen LogP contribution in [0.15, 0.2) is 53.1 Å². The molecule has 1 fully saturated rings. The monoisotopic (exact) mass is 377 g/mol. The van der Waals surface area contributed by atoms with Crippen LogP contribution in [0.25, 0.3) is 11.4 Å². The fourth-order valence-electron chi connectivity index (χ4n) is 3.25. The highest BCUT2D eigenvalue weighted by Crippen LogP contribution is 2.18. The molecule has 28 heavy (non-hydrogen) atoms. The van der Waals surface area contributed by atoms with Crippen LogP contribution in [-0.2, 0) is 6.54 Å². The predicted molar refractivity (Wildman–Crippen MR) is 107 cm³/mol. The molecular formula is C21H23N5O2. The van der Waals surface area contributed by atoms with E-state index in [0.29, 0.717) is 42.6 Å². The lowest BCUT2D eigenvalue weighted by atomic mass is 10.1. The third kappa shape index (κ3) is 4.04. The van der Waals surface area contributed by atoms with Gasteiger partial charge in [-0.15, -0.1) is 0 Å². The van der Waals surface area contributed by atoms with Crippen molar-refractivity contribution in [1.82, 2.24) is 19.9 Å². The molecule has 0 unspecified atom stereocenters. The van der Waals surface area contributed by atoms with Crippen LogP contribution in [0.5, 0.6) is 0 Å². The Hall–Kier alpha value is -3.19. The van der Waals surface area contributed by atoms with Gasteiger partial charge in [0.25, 0.3) is 5.91 Å². The van der Waals surface area contributed by atoms with Crippen LogP contribution in [0.1, 0.15) is 21.8 Å². The molecule has 0 aliphatic carbocycles. The molecule has 1 amide bonds. The topological polar surface area (TPSA) is 88.5 Å². The maximum Gasteiger partial charge on any atom is 0.253 e. The second-order valence-electron chi connectivity index (χ2n) is 7.07. The molecule has 0 bridgehead atoms. The highest BCUT2D eigenvalue weighted by atomic mass is 16.5. The van der Waals surface area contributed by atoms with Crippen molar-refractivity contribution in [3.05, 3.63) is 65.5 Å². The quantitative estimate of drug-likeness (QED) is 0.703. The largest absolute Gasteiger partial charge is 0.399 e. The average molecular weight is 377 g/mol. The summed E-state index contributed by atoms with van der Waals surface area (Å²) in [5, 5.41) is 4.08. The SMILES string of the molecule is Cc1ccc(-c2noc(CN3CCN(C(=O)c4ccc(N)cc4)CC3)n2)cc1. The number of carbonyl (C=O) groups is 1. The number of piperazine rings is 1. The lowest BCUT2D eigenvalue weighted by Gasteiger charge is -2.34. The van der Waals surface area contributed by atoms with Gasteiger partial charge in [-0.1, -0.05) is 35.0 Å². The number of hydrogen-bond donors (Lipinski definition) is 1. The van der Waals surface area contributed by atoms with Crippen molar-refractivity contribution in [3.8, 4) is 11.4 Å². The average Bonchev–Trinajstić information content (AvgIpc) is 3.18. The molecule has 1 aromatic heterocycles. The van der Waals surface area contributed by atoms with Gasteiger partial charge in [-0.2, -0.15) is 4.98 Å². The highest BCUT2D eigenvalue weighted by molar-refractivity contribution is 5.94. The molecule has 1 saturated heterocycles. The molecule has 0 atom stereocenters. The minimum absolute atomic E-state index is 0.0408. The van der Waals surface area contributed by atoms with Crippen LogP contribution in [0, 0.1) is 6.92 Å². The lowest BCUT2D eigenvalue weighted by Crippen LogP contribution is -2.48. The molecule has 2 N–H and O–H groups in total. The summed E-state index contributed by atoms with van der Waals surface area (Å²) in [7, 11) is 0. The molecule has 7 heteroatoms. The van der Waals surface area contributed by atoms with Crippen LogP contribution in [0.2, 0.25) is 0 Å². The number of anilines is 1. The maximum atomic E-state index is 12.6. The van der Waals surface area contributed by atoms with E-state index in [0.717, 1.165) is 18.7 Å². The summed E-state index contributed by atoms with van der Waals surface area (Å²) in [5.74, 6) is 1.24. The first-order valence-corrected chi connectivity index (χ1v) is 9.35. The third-order valence-electron chi connectivity index (χ3n) is 4.95. The van der Waals surface area contributed by atoms with Crippen molar-refractivity contribution in [2.75, 3.05) is 31.9 Å². The zero-order valence-corrected chi connectivity index (χ0v) is 15.8. The summed E-state index contributed by atoms with van der Waals surface area (Å²) in [6.07, 6.45) is 0. The number of amides is 1. The molecule has 1 aliphatic heterocycles. The number of nitrogen functional groups attached to an aromatic ring is 1. The van der Waals surface area contributed by atoms with Gasteiger partial charge in [-0.25, -0.2) is 0 Å². The van der Waals surface area contributed by atoms with E-state index in [9.17, 15) is 4.79 Å². The highest BCUT2D eigenvalue weighted by Gasteiger charge is 2.23. The van der Waals surface area contributed by atoms with E-state index in [1.165, 1.54) is 5.56 Å². The second kappa shape index (κ2) is 7.82. The molecule has 2 heterocycles. The zero-order valence-electron chi connectivity index (χ0n) is 15.8. The number of nitrogens with zero attached hydrogens (tertiary/aromatic N) is 4. The molecule has 3 aromatic rings. The summed E-state index contributed by atoms with van der Waals surface area (Å²) >= 11 is 0. The van der Waals surface area contributed by atoms with E-state index in [1.54, 1.807) is 24.3 Å². The van der Waals surface area contributed by atoms with Gasteiger partial charge in [-0.3, -0.25) is 9.69 Å². The molecule has 7 nitrogen and oxygen atoms in total. The molecule has 144 valence electrons. The van der Waals surface area contributed by atoms with Crippen molar-refractivity contribution in [2.45, 2.75) is 13.5 Å². The van der Waals surface area contributed by atoms with Gasteiger partial charge in [0.05, 0.1) is 6.54 Å². The minimum atomic E-state index is 0.0408. The second-order valence-corrected chi connectivity index (χ2v) is 7.07. The minimum Gasteiger partial charge on any atom is -0.399 e. The Labute approximate surface area is 163 Å². The number of carbonyl (C=O) groups excluding carboxylic acids is 1. The fourth-order valence-corrected chi connectivity index (χ4v) is 3.25. The van der Waals surface area contributed by atoms with E-state index < -0.39 is 0 Å². The van der Waals surface area contributed by atoms with Crippen molar-refractivity contribution in [3.63, 3.8) is 0 Å². The summed E-state index contributed by atoms with van der Waals surface area (Å²) in [6.45, 7) is 5.50. The lowest BCUT2D eigenvalue weighted by molar-refractivity contribution is 0.0615. The standard InChI is InChI=1S/C21H23N5O2/c1-15-2-4-16(5-3-15)20-23-19(28-24-20)14-25-10-12-26(13-11-25)21(27)17-6-8-18(22)9-7-17/h2-9H,10-14,22H2,1H3. The van der Waals surface area contributed by atoms with E-state index in [2.05, 4.69) is 15.0 Å². The number of hydrogen-bond acceptors (Lipinski definition) is 6. The van der Waals surface area contributed by atoms with E-state index >= 15 is 0 Å². The molecule has 0 spiro atoms. The van der Waals surface area contributed by atoms with Crippen molar-refractivity contribution < 1.29 is 9.32 Å². The zero-order chi connectivity index (χ0) is 19.5. The van der Waals surface area contributed by atoms with Crippen LogP contribution in [0.4, 0.5) is 5.69 Å². The Morgan fingerprint density at radius 1 is 1.04 bits per heavy atom. The van der Waals surface area contributed by atoms with Gasteiger partial charge in [0, 0.05) is 43.0 Å². The van der Waals surface area contributed by atoms with Gasteiger partial charge in [-0.05, 0) is 31.2 Å². The summed E-state index contributed by atoms with van der Waals surface area (Å²) < 4.78 is 5.41. The Kier molecular flexibility index (Phi) is 5.08. The number of aryl methyl sites for hydroxylation is 1. The molecule has 1 aliphatic rings. The van der Waals surface area contributed by atoms with Crippen molar-refractivity contribution >= 4 is 11.6 Å². The molecule has 0 saturated carbocycles. The Balaban J connectivity index is 1.33. The van der Waals surface area contributed by atoms with Gasteiger partial charge in [0.15, 0.2) is 0 Å². The number of benzene rings is 2. The third-order valence-corrected chi connectivity index (χ3v) is 4.95. The van der Waals surface area contributed by atoms with Crippen LogP contribution >= 0.6 is 0 Å². The predicted octanol–water partition coefficient (Wildman–Crippen LogP) is 2.59. The van der Waals surface area contributed by atoms with Crippen molar-refractivity contribution in [1.29, 1.82) is 0 Å². The van der Waals surface area contributed by atoms with E-state index in [1.807, 2.05) is 36.1 Å². The first-order valence-electron chi connectivity index (χ1n) is 9.35. The molecule has 0 radical (unpaired) electrons. The maximum absolute atomic E-state index is 12.6. The first-order chi connectivity index (χ1) is 13.6. The summed E-state index contributed by atoms with van der Waals surface area (Å²) in [5.41, 5.74) is 9.16. The van der Waals surface area contributed by atoms with E-state index in [4.69, 9.17) is 10.3 Å². The smallest absolute Gasteiger partial charge is 0.253 e. The van der Waals surface area contributed by atoms with Gasteiger partial charge < -0.3 is 15.2 Å². The number of nitrogens with two attached hydrogens (primary N) is 1. The van der Waals surface area contributed by atoms with Crippen LogP contribution < -0.4 is 5.73 Å². The number of aromatic nitrogens is 2. The fraction of sp³-hybridized carbons (Fsp3) is 0.286. The summed E-state index contributed by atoms with van der Waals surface area (Å²) in [4.78, 5) is 21.2. The van der Waals surface area contributed by atoms with Gasteiger partial charge in [0.1, 0.15) is 0 Å². The Morgan fingerprint density at radius 3 is 2.39 bits per heavy atom. The van der Waals surface area contributed by atoms with Crippen LogP contribution in [-0.4, -0.2) is 52.0 Å². The van der Waals surface area contributed by atoms with Crippen molar-refractivity contribution in [2.24, 2.45) is 0 Å². The number of rotatable bonds is 4. The molecular weight excluding hydrogens is 354 g/mol. The van der Waals surface area contributed by atoms with Gasteiger partial charge in [0.2, 0.25) is 11.7 Å².